The fourth-order valence-corrected chi connectivity index (χ4v) is 3.84. The Hall–Kier alpha value is -2.61. The summed E-state index contributed by atoms with van der Waals surface area (Å²) in [4.78, 5) is 4.62. The first kappa shape index (κ1) is 23.1. The van der Waals surface area contributed by atoms with Gasteiger partial charge in [0.15, 0.2) is 0 Å². The molecule has 0 aliphatic rings. The number of fused-ring (bicyclic) bond motifs is 1. The molecular formula is C29H37NO. The highest BCUT2D eigenvalue weighted by Gasteiger charge is 1.97. The third-order valence-electron chi connectivity index (χ3n) is 5.74. The molecule has 0 atom stereocenters. The molecule has 0 aliphatic carbocycles. The molecular weight excluding hydrogens is 378 g/mol. The van der Waals surface area contributed by atoms with Gasteiger partial charge in [-0.2, -0.15) is 0 Å². The maximum atomic E-state index is 5.90. The van der Waals surface area contributed by atoms with Gasteiger partial charge >= 0.3 is 0 Å². The van der Waals surface area contributed by atoms with Crippen LogP contribution in [0.25, 0.3) is 10.8 Å². The maximum Gasteiger partial charge on any atom is 0.119 e. The first-order chi connectivity index (χ1) is 15.3. The molecule has 0 spiro atoms. The molecule has 2 nitrogen and oxygen atoms in total. The Balaban J connectivity index is 1.31. The molecule has 0 N–H and O–H groups in total. The van der Waals surface area contributed by atoms with E-state index < -0.39 is 0 Å². The van der Waals surface area contributed by atoms with Gasteiger partial charge in [-0.05, 0) is 59.2 Å². The molecule has 0 amide bonds. The van der Waals surface area contributed by atoms with E-state index in [1.165, 1.54) is 68.6 Å². The van der Waals surface area contributed by atoms with Crippen LogP contribution in [0.5, 0.6) is 5.75 Å². The summed E-state index contributed by atoms with van der Waals surface area (Å²) in [5, 5.41) is 2.46. The lowest BCUT2D eigenvalue weighted by atomic mass is 10.1. The Morgan fingerprint density at radius 1 is 0.677 bits per heavy atom. The van der Waals surface area contributed by atoms with Crippen LogP contribution < -0.4 is 4.74 Å². The van der Waals surface area contributed by atoms with Gasteiger partial charge in [0.25, 0.3) is 0 Å². The van der Waals surface area contributed by atoms with Gasteiger partial charge in [-0.15, -0.1) is 0 Å². The van der Waals surface area contributed by atoms with Crippen LogP contribution in [-0.2, 0) is 0 Å². The minimum Gasteiger partial charge on any atom is -0.494 e. The predicted octanol–water partition coefficient (Wildman–Crippen LogP) is 8.89. The van der Waals surface area contributed by atoms with Crippen molar-refractivity contribution in [1.29, 1.82) is 0 Å². The van der Waals surface area contributed by atoms with Crippen LogP contribution in [0.4, 0.5) is 5.69 Å². The van der Waals surface area contributed by atoms with Crippen molar-refractivity contribution in [3.05, 3.63) is 72.3 Å². The van der Waals surface area contributed by atoms with Crippen LogP contribution in [0, 0.1) is 0 Å². The van der Waals surface area contributed by atoms with Gasteiger partial charge in [-0.1, -0.05) is 95.0 Å². The molecule has 0 heterocycles. The van der Waals surface area contributed by atoms with Crippen LogP contribution >= 0.6 is 0 Å². The second-order valence-electron chi connectivity index (χ2n) is 8.39. The summed E-state index contributed by atoms with van der Waals surface area (Å²) in [7, 11) is 0. The van der Waals surface area contributed by atoms with Crippen molar-refractivity contribution in [2.24, 2.45) is 4.99 Å². The summed E-state index contributed by atoms with van der Waals surface area (Å²) in [6, 6.07) is 22.9. The first-order valence-electron chi connectivity index (χ1n) is 12.1. The van der Waals surface area contributed by atoms with Crippen molar-refractivity contribution in [3.63, 3.8) is 0 Å². The number of hydrogen-bond acceptors (Lipinski definition) is 2. The number of nitrogens with zero attached hydrogens (tertiary/aromatic N) is 1. The normalized spacial score (nSPS) is 11.4. The SMILES string of the molecule is CCCCCCCCCCCCOc1ccc(C=Nc2ccc3ccccc3c2)cc1. The van der Waals surface area contributed by atoms with E-state index in [1.807, 2.05) is 18.3 Å². The second kappa shape index (κ2) is 13.6. The lowest BCUT2D eigenvalue weighted by Crippen LogP contribution is -1.97. The molecule has 0 aromatic heterocycles. The number of ether oxygens (including phenoxy) is 1. The van der Waals surface area contributed by atoms with Crippen molar-refractivity contribution < 1.29 is 4.74 Å². The van der Waals surface area contributed by atoms with E-state index in [2.05, 4.69) is 66.5 Å². The smallest absolute Gasteiger partial charge is 0.119 e. The zero-order chi connectivity index (χ0) is 21.6. The lowest BCUT2D eigenvalue weighted by molar-refractivity contribution is 0.304. The molecule has 0 saturated heterocycles. The summed E-state index contributed by atoms with van der Waals surface area (Å²) in [5.41, 5.74) is 2.06. The van der Waals surface area contributed by atoms with E-state index in [0.717, 1.165) is 30.0 Å². The highest BCUT2D eigenvalue weighted by atomic mass is 16.5. The van der Waals surface area contributed by atoms with Gasteiger partial charge < -0.3 is 4.74 Å². The van der Waals surface area contributed by atoms with Gasteiger partial charge in [0.1, 0.15) is 5.75 Å². The molecule has 164 valence electrons. The van der Waals surface area contributed by atoms with E-state index in [0.29, 0.717) is 0 Å². The Labute approximate surface area is 188 Å². The monoisotopic (exact) mass is 415 g/mol. The molecule has 3 rings (SSSR count). The van der Waals surface area contributed by atoms with Crippen LogP contribution in [0.2, 0.25) is 0 Å². The lowest BCUT2D eigenvalue weighted by Gasteiger charge is -2.06. The fourth-order valence-electron chi connectivity index (χ4n) is 3.84. The third-order valence-corrected chi connectivity index (χ3v) is 5.74. The topological polar surface area (TPSA) is 21.6 Å². The van der Waals surface area contributed by atoms with Crippen molar-refractivity contribution >= 4 is 22.7 Å². The van der Waals surface area contributed by atoms with Crippen LogP contribution in [0.3, 0.4) is 0 Å². The quantitative estimate of drug-likeness (QED) is 0.190. The fraction of sp³-hybridized carbons (Fsp3) is 0.414. The van der Waals surface area contributed by atoms with E-state index in [4.69, 9.17) is 4.74 Å². The number of aliphatic imine (C=N–C) groups is 1. The van der Waals surface area contributed by atoms with Gasteiger partial charge in [-0.25, -0.2) is 0 Å². The minimum atomic E-state index is 0.807. The van der Waals surface area contributed by atoms with Gasteiger partial charge in [0.2, 0.25) is 0 Å². The van der Waals surface area contributed by atoms with E-state index in [-0.39, 0.29) is 0 Å². The molecule has 0 fully saturated rings. The van der Waals surface area contributed by atoms with Crippen LogP contribution in [0.15, 0.2) is 71.7 Å². The Morgan fingerprint density at radius 3 is 2.03 bits per heavy atom. The number of rotatable bonds is 14. The minimum absolute atomic E-state index is 0.807. The first-order valence-corrected chi connectivity index (χ1v) is 12.1. The molecule has 3 aromatic carbocycles. The third kappa shape index (κ3) is 8.57. The molecule has 3 aromatic rings. The zero-order valence-corrected chi connectivity index (χ0v) is 19.1. The van der Waals surface area contributed by atoms with Crippen LogP contribution in [-0.4, -0.2) is 12.8 Å². The molecule has 31 heavy (non-hydrogen) atoms. The largest absolute Gasteiger partial charge is 0.494 e. The van der Waals surface area contributed by atoms with Gasteiger partial charge in [0, 0.05) is 6.21 Å². The van der Waals surface area contributed by atoms with Crippen molar-refractivity contribution in [2.75, 3.05) is 6.61 Å². The second-order valence-corrected chi connectivity index (χ2v) is 8.39. The average Bonchev–Trinajstić information content (AvgIpc) is 2.82. The van der Waals surface area contributed by atoms with Crippen molar-refractivity contribution in [3.8, 4) is 5.75 Å². The molecule has 0 saturated carbocycles. The molecule has 2 heteroatoms. The predicted molar refractivity (Wildman–Crippen MR) is 135 cm³/mol. The van der Waals surface area contributed by atoms with Crippen molar-refractivity contribution in [2.45, 2.75) is 71.1 Å². The Bertz CT molecular complexity index is 913. The Morgan fingerprint density at radius 2 is 1.32 bits per heavy atom. The molecule has 0 radical (unpaired) electrons. The van der Waals surface area contributed by atoms with Gasteiger partial charge in [0.05, 0.1) is 12.3 Å². The maximum absolute atomic E-state index is 5.90. The zero-order valence-electron chi connectivity index (χ0n) is 19.1. The van der Waals surface area contributed by atoms with Crippen molar-refractivity contribution in [1.82, 2.24) is 0 Å². The Kier molecular flexibility index (Phi) is 10.2. The molecule has 0 bridgehead atoms. The number of hydrogen-bond donors (Lipinski definition) is 0. The van der Waals surface area contributed by atoms with E-state index >= 15 is 0 Å². The van der Waals surface area contributed by atoms with E-state index in [1.54, 1.807) is 0 Å². The standard InChI is InChI=1S/C29H37NO/c1-2-3-4-5-6-7-8-9-10-13-22-31-29-20-16-25(17-21-29)24-30-28-19-18-26-14-11-12-15-27(26)23-28/h11-12,14-21,23-24H,2-10,13,22H2,1H3. The number of benzene rings is 3. The number of unbranched alkanes of at least 4 members (excludes halogenated alkanes) is 9. The summed E-state index contributed by atoms with van der Waals surface area (Å²) >= 11 is 0. The van der Waals surface area contributed by atoms with Gasteiger partial charge in [-0.3, -0.25) is 4.99 Å². The highest BCUT2D eigenvalue weighted by molar-refractivity contribution is 5.87. The van der Waals surface area contributed by atoms with Crippen LogP contribution in [0.1, 0.15) is 76.7 Å². The summed E-state index contributed by atoms with van der Waals surface area (Å²) in [5.74, 6) is 0.943. The highest BCUT2D eigenvalue weighted by Crippen LogP contribution is 2.21. The summed E-state index contributed by atoms with van der Waals surface area (Å²) in [6.07, 6.45) is 15.4. The summed E-state index contributed by atoms with van der Waals surface area (Å²) < 4.78 is 5.90. The van der Waals surface area contributed by atoms with E-state index in [9.17, 15) is 0 Å². The molecule has 0 unspecified atom stereocenters. The molecule has 0 aliphatic heterocycles. The summed E-state index contributed by atoms with van der Waals surface area (Å²) in [6.45, 7) is 3.08. The average molecular weight is 416 g/mol.